The first-order valence-electron chi connectivity index (χ1n) is 6.36. The number of rotatable bonds is 7. The highest BCUT2D eigenvalue weighted by molar-refractivity contribution is 5.81. The summed E-state index contributed by atoms with van der Waals surface area (Å²) >= 11 is 0. The first-order valence-corrected chi connectivity index (χ1v) is 6.36. The second kappa shape index (κ2) is 6.40. The summed E-state index contributed by atoms with van der Waals surface area (Å²) in [5.41, 5.74) is -1.00. The molecule has 108 valence electrons. The number of aliphatic carboxylic acids is 1. The van der Waals surface area contributed by atoms with Crippen molar-refractivity contribution < 1.29 is 19.5 Å². The molecule has 0 radical (unpaired) electrons. The van der Waals surface area contributed by atoms with Gasteiger partial charge in [-0.15, -0.1) is 0 Å². The molecule has 1 rings (SSSR count). The van der Waals surface area contributed by atoms with E-state index < -0.39 is 17.4 Å². The molecule has 1 fully saturated rings. The molecular weight excluding hydrogens is 250 g/mol. The molecule has 4 N–H and O–H groups in total. The summed E-state index contributed by atoms with van der Waals surface area (Å²) in [5.74, 6) is -0.774. The first kappa shape index (κ1) is 15.3. The smallest absolute Gasteiger partial charge is 0.314 e. The van der Waals surface area contributed by atoms with Crippen LogP contribution in [-0.4, -0.2) is 42.6 Å². The molecule has 0 aromatic carbocycles. The molecule has 0 spiro atoms. The maximum Gasteiger partial charge on any atom is 0.314 e. The summed E-state index contributed by atoms with van der Waals surface area (Å²) in [6.07, 6.45) is 1.90. The lowest BCUT2D eigenvalue weighted by atomic mass is 9.94. The van der Waals surface area contributed by atoms with Crippen molar-refractivity contribution in [3.8, 4) is 0 Å². The number of hydrogen-bond acceptors (Lipinski definition) is 3. The minimum atomic E-state index is -1.00. The number of amides is 3. The van der Waals surface area contributed by atoms with E-state index in [1.807, 2.05) is 0 Å². The number of carbonyl (C=O) groups is 3. The van der Waals surface area contributed by atoms with Gasteiger partial charge in [-0.2, -0.15) is 0 Å². The van der Waals surface area contributed by atoms with Gasteiger partial charge in [0.1, 0.15) is 0 Å². The van der Waals surface area contributed by atoms with Crippen LogP contribution in [0.1, 0.15) is 26.7 Å². The van der Waals surface area contributed by atoms with Crippen molar-refractivity contribution in [1.29, 1.82) is 0 Å². The van der Waals surface area contributed by atoms with E-state index in [9.17, 15) is 14.4 Å². The standard InChI is InChI=1S/C12H21N3O4/c1-12(2,10(17)18)7-15-11(19)14-6-5-13-9(16)8-3-4-8/h8H,3-7H2,1-2H3,(H,13,16)(H,17,18)(H2,14,15,19). The first-order chi connectivity index (χ1) is 8.83. The van der Waals surface area contributed by atoms with E-state index >= 15 is 0 Å². The highest BCUT2D eigenvalue weighted by Gasteiger charge is 2.29. The largest absolute Gasteiger partial charge is 0.481 e. The van der Waals surface area contributed by atoms with E-state index in [-0.39, 0.29) is 18.4 Å². The van der Waals surface area contributed by atoms with Crippen LogP contribution in [0.3, 0.4) is 0 Å². The van der Waals surface area contributed by atoms with Crippen LogP contribution < -0.4 is 16.0 Å². The molecule has 0 atom stereocenters. The summed E-state index contributed by atoms with van der Waals surface area (Å²) in [6.45, 7) is 3.81. The number of carboxylic acids is 1. The summed E-state index contributed by atoms with van der Waals surface area (Å²) in [6, 6.07) is -0.435. The predicted molar refractivity (Wildman–Crippen MR) is 68.6 cm³/mol. The molecule has 7 heteroatoms. The third-order valence-electron chi connectivity index (χ3n) is 2.93. The topological polar surface area (TPSA) is 108 Å². The quantitative estimate of drug-likeness (QED) is 0.486. The van der Waals surface area contributed by atoms with E-state index in [2.05, 4.69) is 16.0 Å². The summed E-state index contributed by atoms with van der Waals surface area (Å²) in [7, 11) is 0. The number of carboxylic acid groups (broad SMARTS) is 1. The van der Waals surface area contributed by atoms with Crippen molar-refractivity contribution in [3.63, 3.8) is 0 Å². The molecule has 1 aliphatic rings. The van der Waals surface area contributed by atoms with Gasteiger partial charge in [-0.1, -0.05) is 0 Å². The van der Waals surface area contributed by atoms with Crippen LogP contribution >= 0.6 is 0 Å². The van der Waals surface area contributed by atoms with Gasteiger partial charge >= 0.3 is 12.0 Å². The number of hydrogen-bond donors (Lipinski definition) is 4. The van der Waals surface area contributed by atoms with Crippen LogP contribution in [0, 0.1) is 11.3 Å². The number of nitrogens with one attached hydrogen (secondary N) is 3. The Bertz CT molecular complexity index is 364. The lowest BCUT2D eigenvalue weighted by Crippen LogP contribution is -2.45. The van der Waals surface area contributed by atoms with Crippen LogP contribution in [0.25, 0.3) is 0 Å². The van der Waals surface area contributed by atoms with Crippen molar-refractivity contribution in [1.82, 2.24) is 16.0 Å². The van der Waals surface area contributed by atoms with Gasteiger partial charge in [-0.25, -0.2) is 4.79 Å². The molecule has 0 aliphatic heterocycles. The molecule has 0 aromatic rings. The van der Waals surface area contributed by atoms with Crippen molar-refractivity contribution >= 4 is 17.9 Å². The Hall–Kier alpha value is -1.79. The van der Waals surface area contributed by atoms with Crippen molar-refractivity contribution in [2.45, 2.75) is 26.7 Å². The maximum atomic E-state index is 11.4. The Balaban J connectivity index is 2.07. The van der Waals surface area contributed by atoms with Crippen LogP contribution in [0.4, 0.5) is 4.79 Å². The van der Waals surface area contributed by atoms with Crippen LogP contribution in [0.5, 0.6) is 0 Å². The van der Waals surface area contributed by atoms with Crippen molar-refractivity contribution in [2.24, 2.45) is 11.3 Å². The fourth-order valence-electron chi connectivity index (χ4n) is 1.29. The molecule has 0 heterocycles. The minimum absolute atomic E-state index is 0.0363. The zero-order valence-corrected chi connectivity index (χ0v) is 11.3. The van der Waals surface area contributed by atoms with Gasteiger partial charge in [-0.05, 0) is 26.7 Å². The molecular formula is C12H21N3O4. The van der Waals surface area contributed by atoms with Crippen molar-refractivity contribution in [2.75, 3.05) is 19.6 Å². The Kier molecular flexibility index (Phi) is 5.14. The zero-order valence-electron chi connectivity index (χ0n) is 11.3. The van der Waals surface area contributed by atoms with Crippen LogP contribution in [0.2, 0.25) is 0 Å². The molecule has 19 heavy (non-hydrogen) atoms. The Morgan fingerprint density at radius 1 is 1.11 bits per heavy atom. The third kappa shape index (κ3) is 5.58. The molecule has 0 unspecified atom stereocenters. The Morgan fingerprint density at radius 3 is 2.21 bits per heavy atom. The second-order valence-corrected chi connectivity index (χ2v) is 5.36. The van der Waals surface area contributed by atoms with E-state index in [4.69, 9.17) is 5.11 Å². The normalized spacial score (nSPS) is 14.6. The molecule has 0 bridgehead atoms. The average Bonchev–Trinajstić information content (AvgIpc) is 3.15. The number of urea groups is 1. The summed E-state index contributed by atoms with van der Waals surface area (Å²) in [4.78, 5) is 33.5. The van der Waals surface area contributed by atoms with Gasteiger partial charge in [0.15, 0.2) is 0 Å². The van der Waals surface area contributed by atoms with Gasteiger partial charge in [0.25, 0.3) is 0 Å². The lowest BCUT2D eigenvalue weighted by molar-refractivity contribution is -0.146. The fraction of sp³-hybridized carbons (Fsp3) is 0.750. The second-order valence-electron chi connectivity index (χ2n) is 5.36. The van der Waals surface area contributed by atoms with E-state index in [0.717, 1.165) is 12.8 Å². The fourth-order valence-corrected chi connectivity index (χ4v) is 1.29. The average molecular weight is 271 g/mol. The molecule has 0 saturated heterocycles. The van der Waals surface area contributed by atoms with Crippen LogP contribution in [-0.2, 0) is 9.59 Å². The molecule has 7 nitrogen and oxygen atoms in total. The van der Waals surface area contributed by atoms with E-state index in [1.54, 1.807) is 0 Å². The van der Waals surface area contributed by atoms with Crippen molar-refractivity contribution in [3.05, 3.63) is 0 Å². The van der Waals surface area contributed by atoms with Gasteiger partial charge in [0, 0.05) is 25.6 Å². The predicted octanol–water partition coefficient (Wildman–Crippen LogP) is -0.0774. The number of carbonyl (C=O) groups excluding carboxylic acids is 2. The highest BCUT2D eigenvalue weighted by Crippen LogP contribution is 2.28. The van der Waals surface area contributed by atoms with Gasteiger partial charge < -0.3 is 21.1 Å². The SMILES string of the molecule is CC(C)(CNC(=O)NCCNC(=O)C1CC1)C(=O)O. The minimum Gasteiger partial charge on any atom is -0.481 e. The molecule has 3 amide bonds. The van der Waals surface area contributed by atoms with Crippen LogP contribution in [0.15, 0.2) is 0 Å². The highest BCUT2D eigenvalue weighted by atomic mass is 16.4. The van der Waals surface area contributed by atoms with Gasteiger partial charge in [0.2, 0.25) is 5.91 Å². The Labute approximate surface area is 112 Å². The monoisotopic (exact) mass is 271 g/mol. The zero-order chi connectivity index (χ0) is 14.5. The van der Waals surface area contributed by atoms with Gasteiger partial charge in [0.05, 0.1) is 5.41 Å². The molecule has 1 aliphatic carbocycles. The summed E-state index contributed by atoms with van der Waals surface area (Å²) < 4.78 is 0. The lowest BCUT2D eigenvalue weighted by Gasteiger charge is -2.19. The third-order valence-corrected chi connectivity index (χ3v) is 2.93. The molecule has 0 aromatic heterocycles. The van der Waals surface area contributed by atoms with E-state index in [1.165, 1.54) is 13.8 Å². The molecule has 1 saturated carbocycles. The summed E-state index contributed by atoms with van der Waals surface area (Å²) in [5, 5.41) is 16.6. The maximum absolute atomic E-state index is 11.4. The van der Waals surface area contributed by atoms with Gasteiger partial charge in [-0.3, -0.25) is 9.59 Å². The van der Waals surface area contributed by atoms with E-state index in [0.29, 0.717) is 13.1 Å². The Morgan fingerprint density at radius 2 is 1.68 bits per heavy atom.